The molecule has 0 rings (SSSR count). The lowest BCUT2D eigenvalue weighted by Gasteiger charge is -2.10. The first-order valence-corrected chi connectivity index (χ1v) is 6.55. The van der Waals surface area contributed by atoms with E-state index >= 15 is 0 Å². The molecule has 0 saturated carbocycles. The van der Waals surface area contributed by atoms with Gasteiger partial charge < -0.3 is 0 Å². The molecule has 1 nitrogen and oxygen atoms in total. The zero-order valence-electron chi connectivity index (χ0n) is 11.4. The van der Waals surface area contributed by atoms with Crippen LogP contribution in [0.4, 0.5) is 0 Å². The Morgan fingerprint density at radius 3 is 2.12 bits per heavy atom. The summed E-state index contributed by atoms with van der Waals surface area (Å²) in [6.07, 6.45) is 4.53. The number of ketones is 1. The Morgan fingerprint density at radius 2 is 1.82 bits per heavy atom. The van der Waals surface area contributed by atoms with Gasteiger partial charge in [-0.1, -0.05) is 47.2 Å². The molecule has 0 saturated heterocycles. The average Bonchev–Trinajstić information content (AvgIpc) is 2.26. The smallest absolute Gasteiger partial charge is 0.188 e. The van der Waals surface area contributed by atoms with Gasteiger partial charge in [-0.3, -0.25) is 4.79 Å². The molecule has 0 N–H and O–H groups in total. The first kappa shape index (κ1) is 16.1. The van der Waals surface area contributed by atoms with Crippen molar-refractivity contribution in [3.8, 4) is 0 Å². The topological polar surface area (TPSA) is 17.1 Å². The first-order valence-electron chi connectivity index (χ1n) is 5.76. The second kappa shape index (κ2) is 7.44. The highest BCUT2D eigenvalue weighted by molar-refractivity contribution is 9.11. The highest BCUT2D eigenvalue weighted by atomic mass is 79.9. The molecule has 0 aliphatic carbocycles. The normalized spacial score (nSPS) is 12.4. The van der Waals surface area contributed by atoms with Crippen LogP contribution in [0, 0.1) is 0 Å². The fraction of sp³-hybridized carbons (Fsp3) is 0.400. The quantitative estimate of drug-likeness (QED) is 0.509. The van der Waals surface area contributed by atoms with Crippen LogP contribution in [0.1, 0.15) is 41.0 Å². The predicted molar refractivity (Wildman–Crippen MR) is 79.3 cm³/mol. The van der Waals surface area contributed by atoms with Crippen LogP contribution in [0.2, 0.25) is 0 Å². The van der Waals surface area contributed by atoms with Crippen molar-refractivity contribution in [3.63, 3.8) is 0 Å². The molecule has 0 atom stereocenters. The van der Waals surface area contributed by atoms with Crippen LogP contribution < -0.4 is 0 Å². The Morgan fingerprint density at radius 1 is 1.29 bits per heavy atom. The molecule has 94 valence electrons. The van der Waals surface area contributed by atoms with Gasteiger partial charge in [-0.05, 0) is 45.3 Å². The molecule has 2 heteroatoms. The van der Waals surface area contributed by atoms with E-state index in [4.69, 9.17) is 0 Å². The fourth-order valence-electron chi connectivity index (χ4n) is 1.44. The maximum absolute atomic E-state index is 12.4. The van der Waals surface area contributed by atoms with Crippen molar-refractivity contribution in [1.29, 1.82) is 0 Å². The molecule has 0 fully saturated rings. The fourth-order valence-corrected chi connectivity index (χ4v) is 1.93. The largest absolute Gasteiger partial charge is 0.289 e. The van der Waals surface area contributed by atoms with Gasteiger partial charge >= 0.3 is 0 Å². The predicted octanol–water partition coefficient (Wildman–Crippen LogP) is 5.10. The summed E-state index contributed by atoms with van der Waals surface area (Å²) in [7, 11) is 0. The Balaban J connectivity index is 5.78. The average molecular weight is 297 g/mol. The molecule has 0 aliphatic heterocycles. The minimum atomic E-state index is 0.0838. The molecular weight excluding hydrogens is 276 g/mol. The number of carbonyl (C=O) groups is 1. The summed E-state index contributed by atoms with van der Waals surface area (Å²) in [6.45, 7) is 13.6. The zero-order chi connectivity index (χ0) is 13.6. The molecule has 0 unspecified atom stereocenters. The van der Waals surface area contributed by atoms with Crippen molar-refractivity contribution < 1.29 is 4.79 Å². The van der Waals surface area contributed by atoms with Crippen LogP contribution in [-0.2, 0) is 4.79 Å². The highest BCUT2D eigenvalue weighted by Gasteiger charge is 2.15. The standard InChI is InChI=1S/C15H21BrO/c1-7-9-14(13(8-2)12(6)16)15(17)11(5)10(3)4/h7,9H,6,8H2,1-5H3/b9-7?,14-13+. The monoisotopic (exact) mass is 296 g/mol. The van der Waals surface area contributed by atoms with Crippen LogP contribution in [0.3, 0.4) is 0 Å². The van der Waals surface area contributed by atoms with Crippen molar-refractivity contribution in [2.24, 2.45) is 0 Å². The number of rotatable bonds is 5. The highest BCUT2D eigenvalue weighted by Crippen LogP contribution is 2.25. The van der Waals surface area contributed by atoms with Gasteiger partial charge in [0.2, 0.25) is 0 Å². The number of hydrogen-bond donors (Lipinski definition) is 0. The van der Waals surface area contributed by atoms with Gasteiger partial charge in [0.15, 0.2) is 5.78 Å². The van der Waals surface area contributed by atoms with Crippen LogP contribution in [0.25, 0.3) is 0 Å². The first-order chi connectivity index (χ1) is 7.86. The van der Waals surface area contributed by atoms with E-state index in [1.807, 2.05) is 46.8 Å². The number of allylic oxidation sites excluding steroid dienone is 7. The van der Waals surface area contributed by atoms with E-state index in [9.17, 15) is 4.79 Å². The van der Waals surface area contributed by atoms with Gasteiger partial charge in [0.05, 0.1) is 0 Å². The molecule has 0 radical (unpaired) electrons. The third-order valence-corrected chi connectivity index (χ3v) is 3.15. The third-order valence-electron chi connectivity index (χ3n) is 2.67. The molecule has 0 aromatic carbocycles. The second-order valence-corrected chi connectivity index (χ2v) is 5.06. The van der Waals surface area contributed by atoms with Crippen LogP contribution >= 0.6 is 15.9 Å². The molecule has 0 aromatic rings. The lowest BCUT2D eigenvalue weighted by Crippen LogP contribution is -2.07. The van der Waals surface area contributed by atoms with E-state index in [-0.39, 0.29) is 5.78 Å². The Hall–Kier alpha value is -0.890. The Kier molecular flexibility index (Phi) is 7.05. The maximum atomic E-state index is 12.4. The number of Topliss-reactive ketones (excluding diaryl/α,β-unsaturated/α-hetero) is 1. The van der Waals surface area contributed by atoms with Gasteiger partial charge in [0, 0.05) is 10.1 Å². The summed E-state index contributed by atoms with van der Waals surface area (Å²) in [5.74, 6) is 0.0838. The molecular formula is C15H21BrO. The summed E-state index contributed by atoms with van der Waals surface area (Å²) >= 11 is 3.37. The van der Waals surface area contributed by atoms with Gasteiger partial charge in [-0.15, -0.1) is 0 Å². The van der Waals surface area contributed by atoms with Crippen molar-refractivity contribution in [2.45, 2.75) is 41.0 Å². The van der Waals surface area contributed by atoms with Crippen LogP contribution in [0.5, 0.6) is 0 Å². The number of hydrogen-bond acceptors (Lipinski definition) is 1. The Labute approximate surface area is 113 Å². The van der Waals surface area contributed by atoms with Crippen molar-refractivity contribution in [1.82, 2.24) is 0 Å². The zero-order valence-corrected chi connectivity index (χ0v) is 12.9. The molecule has 0 aromatic heterocycles. The third kappa shape index (κ3) is 4.47. The van der Waals surface area contributed by atoms with E-state index in [2.05, 4.69) is 22.5 Å². The van der Waals surface area contributed by atoms with Crippen molar-refractivity contribution in [3.05, 3.63) is 45.5 Å². The van der Waals surface area contributed by atoms with Gasteiger partial charge in [0.1, 0.15) is 0 Å². The summed E-state index contributed by atoms with van der Waals surface area (Å²) in [5.41, 5.74) is 3.55. The summed E-state index contributed by atoms with van der Waals surface area (Å²) in [5, 5.41) is 0. The van der Waals surface area contributed by atoms with E-state index in [0.29, 0.717) is 0 Å². The maximum Gasteiger partial charge on any atom is 0.188 e. The molecule has 17 heavy (non-hydrogen) atoms. The van der Waals surface area contributed by atoms with Crippen molar-refractivity contribution >= 4 is 21.7 Å². The van der Waals surface area contributed by atoms with Crippen LogP contribution in [0.15, 0.2) is 45.5 Å². The Bertz CT molecular complexity index is 405. The number of carbonyl (C=O) groups excluding carboxylic acids is 1. The lowest BCUT2D eigenvalue weighted by atomic mass is 9.95. The molecule has 0 amide bonds. The van der Waals surface area contributed by atoms with E-state index in [0.717, 1.165) is 33.2 Å². The van der Waals surface area contributed by atoms with Gasteiger partial charge in [-0.2, -0.15) is 0 Å². The minimum absolute atomic E-state index is 0.0838. The lowest BCUT2D eigenvalue weighted by molar-refractivity contribution is -0.112. The molecule has 0 spiro atoms. The summed E-state index contributed by atoms with van der Waals surface area (Å²) < 4.78 is 0.781. The number of halogens is 1. The van der Waals surface area contributed by atoms with Crippen LogP contribution in [-0.4, -0.2) is 5.78 Å². The molecule has 0 bridgehead atoms. The van der Waals surface area contributed by atoms with Gasteiger partial charge in [-0.25, -0.2) is 0 Å². The minimum Gasteiger partial charge on any atom is -0.289 e. The van der Waals surface area contributed by atoms with E-state index < -0.39 is 0 Å². The molecule has 0 heterocycles. The van der Waals surface area contributed by atoms with E-state index in [1.165, 1.54) is 0 Å². The van der Waals surface area contributed by atoms with Gasteiger partial charge in [0.25, 0.3) is 0 Å². The second-order valence-electron chi connectivity index (χ2n) is 4.10. The summed E-state index contributed by atoms with van der Waals surface area (Å²) in [6, 6.07) is 0. The van der Waals surface area contributed by atoms with E-state index in [1.54, 1.807) is 0 Å². The summed E-state index contributed by atoms with van der Waals surface area (Å²) in [4.78, 5) is 12.4. The van der Waals surface area contributed by atoms with Crippen molar-refractivity contribution in [2.75, 3.05) is 0 Å². The SMILES string of the molecule is C=C(Br)/C(CC)=C(\C=CC)C(=O)C(C)=C(C)C. The molecule has 0 aliphatic rings.